The van der Waals surface area contributed by atoms with E-state index < -0.39 is 12.3 Å². The first-order valence-corrected chi connectivity index (χ1v) is 12.4. The first kappa shape index (κ1) is 25.9. The molecule has 0 radical (unpaired) electrons. The fourth-order valence-electron chi connectivity index (χ4n) is 5.29. The van der Waals surface area contributed by atoms with Gasteiger partial charge in [-0.3, -0.25) is 4.79 Å². The molecular weight excluding hydrogens is 471 g/mol. The van der Waals surface area contributed by atoms with E-state index in [9.17, 15) is 18.0 Å². The molecule has 0 aliphatic heterocycles. The van der Waals surface area contributed by atoms with Crippen LogP contribution in [0.4, 0.5) is 24.8 Å². The Morgan fingerprint density at radius 1 is 1.19 bits per heavy atom. The van der Waals surface area contributed by atoms with E-state index in [2.05, 4.69) is 35.4 Å². The van der Waals surface area contributed by atoms with Crippen LogP contribution < -0.4 is 10.1 Å². The van der Waals surface area contributed by atoms with E-state index in [1.807, 2.05) is 18.2 Å². The molecule has 1 heterocycles. The monoisotopic (exact) mass is 503 g/mol. The van der Waals surface area contributed by atoms with Crippen molar-refractivity contribution in [2.75, 3.05) is 5.32 Å². The predicted octanol–water partition coefficient (Wildman–Crippen LogP) is 7.33. The molecule has 3 aromatic rings. The molecule has 2 aromatic carbocycles. The first-order chi connectivity index (χ1) is 17.0. The summed E-state index contributed by atoms with van der Waals surface area (Å²) < 4.78 is 43.9. The fourth-order valence-corrected chi connectivity index (χ4v) is 5.29. The van der Waals surface area contributed by atoms with Crippen LogP contribution in [0.1, 0.15) is 58.1 Å². The normalized spacial score (nSPS) is 20.6. The van der Waals surface area contributed by atoms with Crippen molar-refractivity contribution in [3.8, 4) is 5.75 Å². The van der Waals surface area contributed by atoms with Crippen LogP contribution in [-0.4, -0.2) is 27.0 Å². The number of anilines is 2. The number of fused-ring (bicyclic) bond motifs is 1. The van der Waals surface area contributed by atoms with Crippen molar-refractivity contribution in [1.82, 2.24) is 9.55 Å². The number of rotatable bonds is 8. The molecule has 0 bridgehead atoms. The molecule has 0 spiro atoms. The Kier molecular flexibility index (Phi) is 7.47. The number of aliphatic carboxylic acids is 1. The van der Waals surface area contributed by atoms with Crippen molar-refractivity contribution < 1.29 is 27.8 Å². The van der Waals surface area contributed by atoms with E-state index in [0.717, 1.165) is 29.4 Å². The number of hydrogen-bond donors (Lipinski definition) is 2. The Bertz CT molecular complexity index is 1200. The molecule has 1 aromatic heterocycles. The summed E-state index contributed by atoms with van der Waals surface area (Å²) in [6, 6.07) is 11.7. The summed E-state index contributed by atoms with van der Waals surface area (Å²) in [4.78, 5) is 15.9. The van der Waals surface area contributed by atoms with E-state index in [0.29, 0.717) is 35.8 Å². The van der Waals surface area contributed by atoms with Gasteiger partial charge in [0.25, 0.3) is 0 Å². The Morgan fingerprint density at radius 2 is 1.92 bits per heavy atom. The second kappa shape index (κ2) is 10.4. The third kappa shape index (κ3) is 6.12. The van der Waals surface area contributed by atoms with E-state index >= 15 is 0 Å². The number of aryl methyl sites for hydroxylation is 1. The number of carboxylic acid groups (broad SMARTS) is 1. The van der Waals surface area contributed by atoms with Gasteiger partial charge in [0.15, 0.2) is 0 Å². The van der Waals surface area contributed by atoms with Crippen molar-refractivity contribution in [3.05, 3.63) is 48.0 Å². The van der Waals surface area contributed by atoms with Gasteiger partial charge in [0.1, 0.15) is 5.75 Å². The number of nitrogens with zero attached hydrogens (tertiary/aromatic N) is 2. The third-order valence-electron chi connectivity index (χ3n) is 7.04. The fraction of sp³-hybridized carbons (Fsp3) is 0.481. The highest BCUT2D eigenvalue weighted by Crippen LogP contribution is 2.44. The Morgan fingerprint density at radius 3 is 2.56 bits per heavy atom. The lowest BCUT2D eigenvalue weighted by atomic mass is 9.74. The zero-order chi connectivity index (χ0) is 26.0. The Hall–Kier alpha value is -3.23. The highest BCUT2D eigenvalue weighted by atomic mass is 19.4. The average Bonchev–Trinajstić information content (AvgIpc) is 3.14. The number of carboxylic acids is 1. The molecule has 1 aliphatic rings. The van der Waals surface area contributed by atoms with Crippen molar-refractivity contribution in [3.63, 3.8) is 0 Å². The van der Waals surface area contributed by atoms with Gasteiger partial charge in [-0.05, 0) is 79.0 Å². The molecule has 2 N–H and O–H groups in total. The van der Waals surface area contributed by atoms with Gasteiger partial charge in [0.2, 0.25) is 5.95 Å². The molecule has 9 heteroatoms. The van der Waals surface area contributed by atoms with Crippen molar-refractivity contribution in [1.29, 1.82) is 0 Å². The minimum atomic E-state index is -4.75. The summed E-state index contributed by atoms with van der Waals surface area (Å²) in [5.41, 5.74) is 3.21. The van der Waals surface area contributed by atoms with Gasteiger partial charge in [0, 0.05) is 18.2 Å². The number of benzene rings is 2. The molecule has 0 amide bonds. The SMILES string of the molecule is CC(C)[C@H]1CC[C@@H](C)C[C@H]1n1c(Nc2ccc(OC(F)(F)F)cc2)nc2cc(CCC(=O)O)ccc21. The van der Waals surface area contributed by atoms with Crippen LogP contribution in [0.25, 0.3) is 11.0 Å². The number of carbonyl (C=O) groups is 1. The number of imidazole rings is 1. The smallest absolute Gasteiger partial charge is 0.481 e. The third-order valence-corrected chi connectivity index (χ3v) is 7.04. The summed E-state index contributed by atoms with van der Waals surface area (Å²) in [6.45, 7) is 6.74. The van der Waals surface area contributed by atoms with Crippen LogP contribution >= 0.6 is 0 Å². The Balaban J connectivity index is 1.73. The maximum Gasteiger partial charge on any atom is 0.573 e. The summed E-state index contributed by atoms with van der Waals surface area (Å²) in [7, 11) is 0. The number of nitrogens with one attached hydrogen (secondary N) is 1. The van der Waals surface area contributed by atoms with Crippen LogP contribution in [0, 0.1) is 17.8 Å². The van der Waals surface area contributed by atoms with Gasteiger partial charge in [-0.1, -0.05) is 33.3 Å². The molecule has 1 fully saturated rings. The van der Waals surface area contributed by atoms with Gasteiger partial charge < -0.3 is 19.7 Å². The summed E-state index contributed by atoms with van der Waals surface area (Å²) >= 11 is 0. The van der Waals surface area contributed by atoms with Crippen molar-refractivity contribution in [2.45, 2.75) is 65.3 Å². The number of aromatic nitrogens is 2. The lowest BCUT2D eigenvalue weighted by molar-refractivity contribution is -0.274. The largest absolute Gasteiger partial charge is 0.573 e. The number of hydrogen-bond acceptors (Lipinski definition) is 4. The molecule has 0 saturated heterocycles. The van der Waals surface area contributed by atoms with Crippen LogP contribution in [0.15, 0.2) is 42.5 Å². The maximum absolute atomic E-state index is 12.5. The average molecular weight is 504 g/mol. The lowest BCUT2D eigenvalue weighted by Gasteiger charge is -2.39. The molecule has 3 atom stereocenters. The van der Waals surface area contributed by atoms with Crippen LogP contribution in [0.5, 0.6) is 5.75 Å². The van der Waals surface area contributed by atoms with Gasteiger partial charge >= 0.3 is 12.3 Å². The van der Waals surface area contributed by atoms with Gasteiger partial charge in [-0.25, -0.2) is 4.98 Å². The molecule has 0 unspecified atom stereocenters. The first-order valence-electron chi connectivity index (χ1n) is 12.4. The number of halogens is 3. The topological polar surface area (TPSA) is 76.4 Å². The van der Waals surface area contributed by atoms with Gasteiger partial charge in [-0.2, -0.15) is 0 Å². The highest BCUT2D eigenvalue weighted by molar-refractivity contribution is 5.81. The molecule has 4 rings (SSSR count). The van der Waals surface area contributed by atoms with E-state index in [1.165, 1.54) is 30.7 Å². The molecule has 1 saturated carbocycles. The summed E-state index contributed by atoms with van der Waals surface area (Å²) in [5.74, 6) is 0.968. The standard InChI is InChI=1S/C27H32F3N3O3/c1-16(2)21-11-4-17(3)14-24(21)33-23-12-5-18(6-13-25(34)35)15-22(23)32-26(33)31-19-7-9-20(10-8-19)36-27(28,29)30/h5,7-10,12,15-17,21,24H,4,6,11,13-14H2,1-3H3,(H,31,32)(H,34,35)/t17-,21-,24-/m1/s1. The van der Waals surface area contributed by atoms with Gasteiger partial charge in [-0.15, -0.1) is 13.2 Å². The Labute approximate surface area is 208 Å². The summed E-state index contributed by atoms with van der Waals surface area (Å²) in [6.07, 6.45) is -1.000. The number of ether oxygens (including phenoxy) is 1. The molecule has 36 heavy (non-hydrogen) atoms. The van der Waals surface area contributed by atoms with Crippen LogP contribution in [-0.2, 0) is 11.2 Å². The molecular formula is C27H32F3N3O3. The summed E-state index contributed by atoms with van der Waals surface area (Å²) in [5, 5.41) is 12.4. The molecule has 6 nitrogen and oxygen atoms in total. The number of alkyl halides is 3. The van der Waals surface area contributed by atoms with Crippen LogP contribution in [0.3, 0.4) is 0 Å². The quantitative estimate of drug-likeness (QED) is 0.337. The second-order valence-corrected chi connectivity index (χ2v) is 10.1. The van der Waals surface area contributed by atoms with Crippen LogP contribution in [0.2, 0.25) is 0 Å². The van der Waals surface area contributed by atoms with Gasteiger partial charge in [0.05, 0.1) is 11.0 Å². The van der Waals surface area contributed by atoms with Crippen molar-refractivity contribution >= 4 is 28.6 Å². The molecule has 194 valence electrons. The zero-order valence-corrected chi connectivity index (χ0v) is 20.7. The predicted molar refractivity (Wildman–Crippen MR) is 132 cm³/mol. The lowest BCUT2D eigenvalue weighted by Crippen LogP contribution is -2.30. The van der Waals surface area contributed by atoms with E-state index in [-0.39, 0.29) is 18.2 Å². The highest BCUT2D eigenvalue weighted by Gasteiger charge is 2.34. The maximum atomic E-state index is 12.5. The zero-order valence-electron chi connectivity index (χ0n) is 20.7. The second-order valence-electron chi connectivity index (χ2n) is 10.1. The minimum Gasteiger partial charge on any atom is -0.481 e. The molecule has 1 aliphatic carbocycles. The van der Waals surface area contributed by atoms with E-state index in [1.54, 1.807) is 0 Å². The van der Waals surface area contributed by atoms with E-state index in [4.69, 9.17) is 10.1 Å². The van der Waals surface area contributed by atoms with Crippen molar-refractivity contribution in [2.24, 2.45) is 17.8 Å². The minimum absolute atomic E-state index is 0.0409.